The van der Waals surface area contributed by atoms with E-state index in [1.807, 2.05) is 44.2 Å². The van der Waals surface area contributed by atoms with Crippen molar-refractivity contribution in [3.63, 3.8) is 0 Å². The molecule has 1 N–H and O–H groups in total. The molecule has 27 heavy (non-hydrogen) atoms. The minimum Gasteiger partial charge on any atom is -0.467 e. The number of thiazole rings is 1. The minimum atomic E-state index is -0.782. The van der Waals surface area contributed by atoms with Crippen LogP contribution in [0.5, 0.6) is 0 Å². The van der Waals surface area contributed by atoms with E-state index < -0.39 is 30.5 Å². The Balaban J connectivity index is 1.92. The van der Waals surface area contributed by atoms with Crippen LogP contribution in [-0.2, 0) is 19.1 Å². The maximum Gasteiger partial charge on any atom is 0.358 e. The lowest BCUT2D eigenvalue weighted by Gasteiger charge is -2.21. The monoisotopic (exact) mass is 390 g/mol. The molecule has 0 saturated carbocycles. The average Bonchev–Trinajstić information content (AvgIpc) is 3.20. The Morgan fingerprint density at radius 2 is 1.93 bits per heavy atom. The number of aromatic nitrogens is 1. The predicted molar refractivity (Wildman–Crippen MR) is 101 cm³/mol. The van der Waals surface area contributed by atoms with Gasteiger partial charge in [-0.05, 0) is 5.92 Å². The van der Waals surface area contributed by atoms with Crippen LogP contribution in [0.4, 0.5) is 0 Å². The van der Waals surface area contributed by atoms with Gasteiger partial charge in [0.15, 0.2) is 12.3 Å². The second-order valence-corrected chi connectivity index (χ2v) is 6.79. The van der Waals surface area contributed by atoms with E-state index in [1.165, 1.54) is 18.4 Å². The molecule has 0 unspecified atom stereocenters. The van der Waals surface area contributed by atoms with Crippen molar-refractivity contribution in [1.29, 1.82) is 0 Å². The molecule has 0 spiro atoms. The quantitative estimate of drug-likeness (QED) is 0.697. The Morgan fingerprint density at radius 1 is 1.22 bits per heavy atom. The summed E-state index contributed by atoms with van der Waals surface area (Å²) in [6.07, 6.45) is 0.681. The number of nitrogens with one attached hydrogen (secondary N) is 1. The number of hydrogen-bond donors (Lipinski definition) is 1. The molecule has 1 heterocycles. The van der Waals surface area contributed by atoms with Gasteiger partial charge in [0.1, 0.15) is 11.0 Å². The lowest BCUT2D eigenvalue weighted by Crippen LogP contribution is -2.47. The highest BCUT2D eigenvalue weighted by atomic mass is 32.1. The van der Waals surface area contributed by atoms with Crippen molar-refractivity contribution < 1.29 is 23.9 Å². The van der Waals surface area contributed by atoms with Gasteiger partial charge in [-0.3, -0.25) is 4.79 Å². The number of ether oxygens (including phenoxy) is 2. The van der Waals surface area contributed by atoms with Gasteiger partial charge < -0.3 is 14.8 Å². The highest BCUT2D eigenvalue weighted by molar-refractivity contribution is 7.13. The molecule has 7 nitrogen and oxygen atoms in total. The maximum absolute atomic E-state index is 12.1. The molecule has 1 aromatic heterocycles. The molecular weight excluding hydrogens is 368 g/mol. The van der Waals surface area contributed by atoms with Crippen LogP contribution in [0.3, 0.4) is 0 Å². The second kappa shape index (κ2) is 9.82. The summed E-state index contributed by atoms with van der Waals surface area (Å²) in [4.78, 5) is 40.2. The number of nitrogens with zero attached hydrogens (tertiary/aromatic N) is 1. The molecule has 144 valence electrons. The van der Waals surface area contributed by atoms with Crippen LogP contribution in [0.2, 0.25) is 0 Å². The largest absolute Gasteiger partial charge is 0.467 e. The number of carbonyl (C=O) groups excluding carboxylic acids is 3. The maximum atomic E-state index is 12.1. The number of benzene rings is 1. The Hall–Kier alpha value is -2.74. The summed E-state index contributed by atoms with van der Waals surface area (Å²) in [6, 6.07) is 8.66. The number of carbonyl (C=O) groups is 3. The number of methoxy groups -OCH3 is 1. The Bertz CT molecular complexity index is 790. The lowest BCUT2D eigenvalue weighted by atomic mass is 9.99. The Morgan fingerprint density at radius 3 is 2.56 bits per heavy atom. The molecule has 0 fully saturated rings. The first-order valence-electron chi connectivity index (χ1n) is 8.51. The third kappa shape index (κ3) is 5.62. The standard InChI is InChI=1S/C19H22N2O5S/c1-4-12(2)16(19(24)25-3)21-15(22)10-26-18(23)14-11-27-17(20-14)13-8-6-5-7-9-13/h5-9,11-12,16H,4,10H2,1-3H3,(H,21,22)/t12-,16-/m0/s1. The third-order valence-electron chi connectivity index (χ3n) is 4.05. The van der Waals surface area contributed by atoms with Crippen LogP contribution in [0.25, 0.3) is 10.6 Å². The summed E-state index contributed by atoms with van der Waals surface area (Å²) in [5, 5.41) is 4.82. The van der Waals surface area contributed by atoms with Crippen molar-refractivity contribution in [2.45, 2.75) is 26.3 Å². The first-order chi connectivity index (χ1) is 13.0. The molecule has 0 aliphatic carbocycles. The minimum absolute atomic E-state index is 0.107. The van der Waals surface area contributed by atoms with E-state index in [0.717, 1.165) is 5.56 Å². The molecule has 0 bridgehead atoms. The smallest absolute Gasteiger partial charge is 0.358 e. The van der Waals surface area contributed by atoms with Crippen LogP contribution >= 0.6 is 11.3 Å². The summed E-state index contributed by atoms with van der Waals surface area (Å²) in [5.74, 6) is -1.90. The van der Waals surface area contributed by atoms with Crippen molar-refractivity contribution in [3.8, 4) is 10.6 Å². The van der Waals surface area contributed by atoms with E-state index >= 15 is 0 Å². The van der Waals surface area contributed by atoms with Gasteiger partial charge in [-0.25, -0.2) is 14.6 Å². The van der Waals surface area contributed by atoms with Crippen molar-refractivity contribution >= 4 is 29.2 Å². The van der Waals surface area contributed by atoms with Gasteiger partial charge in [-0.1, -0.05) is 50.6 Å². The fourth-order valence-electron chi connectivity index (χ4n) is 2.30. The molecule has 0 saturated heterocycles. The van der Waals surface area contributed by atoms with Gasteiger partial charge in [0, 0.05) is 10.9 Å². The van der Waals surface area contributed by atoms with Crippen LogP contribution in [0.15, 0.2) is 35.7 Å². The SMILES string of the molecule is CC[C@H](C)[C@H](NC(=O)COC(=O)c1csc(-c2ccccc2)n1)C(=O)OC. The summed E-state index contributed by atoms with van der Waals surface area (Å²) >= 11 is 1.32. The normalized spacial score (nSPS) is 12.7. The van der Waals surface area contributed by atoms with Crippen LogP contribution in [-0.4, -0.2) is 42.6 Å². The fourth-order valence-corrected chi connectivity index (χ4v) is 3.09. The van der Waals surface area contributed by atoms with Crippen molar-refractivity contribution in [2.24, 2.45) is 5.92 Å². The molecule has 1 aromatic carbocycles. The van der Waals surface area contributed by atoms with Gasteiger partial charge in [0.05, 0.1) is 7.11 Å². The van der Waals surface area contributed by atoms with E-state index in [9.17, 15) is 14.4 Å². The molecule has 1 amide bonds. The second-order valence-electron chi connectivity index (χ2n) is 5.93. The average molecular weight is 390 g/mol. The van der Waals surface area contributed by atoms with Crippen molar-refractivity contribution in [1.82, 2.24) is 10.3 Å². The molecule has 2 atom stereocenters. The Labute approximate surface area is 161 Å². The first kappa shape index (κ1) is 20.6. The number of esters is 2. The molecule has 0 radical (unpaired) electrons. The number of rotatable bonds is 8. The molecule has 0 aliphatic heterocycles. The first-order valence-corrected chi connectivity index (χ1v) is 9.39. The van der Waals surface area contributed by atoms with E-state index in [4.69, 9.17) is 9.47 Å². The molecule has 2 aromatic rings. The molecule has 2 rings (SSSR count). The van der Waals surface area contributed by atoms with Gasteiger partial charge in [-0.2, -0.15) is 0 Å². The Kier molecular flexibility index (Phi) is 7.48. The third-order valence-corrected chi connectivity index (χ3v) is 4.94. The van der Waals surface area contributed by atoms with E-state index in [2.05, 4.69) is 10.3 Å². The summed E-state index contributed by atoms with van der Waals surface area (Å²) < 4.78 is 9.71. The summed E-state index contributed by atoms with van der Waals surface area (Å²) in [7, 11) is 1.26. The van der Waals surface area contributed by atoms with E-state index in [-0.39, 0.29) is 11.6 Å². The molecule has 8 heteroatoms. The highest BCUT2D eigenvalue weighted by Crippen LogP contribution is 2.23. The zero-order valence-corrected chi connectivity index (χ0v) is 16.2. The topological polar surface area (TPSA) is 94.6 Å². The van der Waals surface area contributed by atoms with Gasteiger partial charge in [0.25, 0.3) is 5.91 Å². The fraction of sp³-hybridized carbons (Fsp3) is 0.368. The van der Waals surface area contributed by atoms with Crippen molar-refractivity contribution in [2.75, 3.05) is 13.7 Å². The van der Waals surface area contributed by atoms with E-state index in [1.54, 1.807) is 5.38 Å². The van der Waals surface area contributed by atoms with Crippen LogP contribution < -0.4 is 5.32 Å². The van der Waals surface area contributed by atoms with Crippen molar-refractivity contribution in [3.05, 3.63) is 41.4 Å². The van der Waals surface area contributed by atoms with E-state index in [0.29, 0.717) is 11.4 Å². The van der Waals surface area contributed by atoms with Crippen LogP contribution in [0.1, 0.15) is 30.8 Å². The van der Waals surface area contributed by atoms with Gasteiger partial charge in [0.2, 0.25) is 0 Å². The van der Waals surface area contributed by atoms with Crippen LogP contribution in [0, 0.1) is 5.92 Å². The lowest BCUT2D eigenvalue weighted by molar-refractivity contribution is -0.147. The highest BCUT2D eigenvalue weighted by Gasteiger charge is 2.27. The zero-order valence-electron chi connectivity index (χ0n) is 15.4. The molecular formula is C19H22N2O5S. The van der Waals surface area contributed by atoms with Gasteiger partial charge in [-0.15, -0.1) is 11.3 Å². The summed E-state index contributed by atoms with van der Waals surface area (Å²) in [5.41, 5.74) is 1.03. The number of amides is 1. The van der Waals surface area contributed by atoms with Gasteiger partial charge >= 0.3 is 11.9 Å². The summed E-state index contributed by atoms with van der Waals surface area (Å²) in [6.45, 7) is 3.23. The number of hydrogen-bond acceptors (Lipinski definition) is 7. The zero-order chi connectivity index (χ0) is 19.8. The predicted octanol–water partition coefficient (Wildman–Crippen LogP) is 2.67. The molecule has 0 aliphatic rings.